The van der Waals surface area contributed by atoms with Crippen LogP contribution in [-0.4, -0.2) is 36.6 Å². The van der Waals surface area contributed by atoms with Crippen molar-refractivity contribution in [1.29, 1.82) is 0 Å². The van der Waals surface area contributed by atoms with Crippen LogP contribution in [0, 0.1) is 11.8 Å². The van der Waals surface area contributed by atoms with Gasteiger partial charge in [-0.2, -0.15) is 0 Å². The molecule has 1 N–H and O–H groups in total. The summed E-state index contributed by atoms with van der Waals surface area (Å²) in [5, 5.41) is 3.61. The van der Waals surface area contributed by atoms with Crippen LogP contribution in [0.5, 0.6) is 0 Å². The van der Waals surface area contributed by atoms with Crippen LogP contribution in [0.1, 0.15) is 41.0 Å². The molecule has 3 unspecified atom stereocenters. The lowest BCUT2D eigenvalue weighted by Crippen LogP contribution is -2.56. The number of piperazine rings is 1. The van der Waals surface area contributed by atoms with E-state index in [4.69, 9.17) is 0 Å². The van der Waals surface area contributed by atoms with Crippen molar-refractivity contribution in [2.75, 3.05) is 19.6 Å². The van der Waals surface area contributed by atoms with Crippen molar-refractivity contribution in [2.24, 2.45) is 11.8 Å². The molecule has 0 bridgehead atoms. The first-order valence-corrected chi connectivity index (χ1v) is 6.52. The van der Waals surface area contributed by atoms with Gasteiger partial charge in [0.1, 0.15) is 0 Å². The van der Waals surface area contributed by atoms with E-state index >= 15 is 0 Å². The van der Waals surface area contributed by atoms with Crippen molar-refractivity contribution in [3.05, 3.63) is 0 Å². The van der Waals surface area contributed by atoms with Gasteiger partial charge in [0.15, 0.2) is 0 Å². The van der Waals surface area contributed by atoms with Gasteiger partial charge in [0.25, 0.3) is 0 Å². The van der Waals surface area contributed by atoms with E-state index in [0.29, 0.717) is 12.1 Å². The van der Waals surface area contributed by atoms with Crippen LogP contribution < -0.4 is 5.32 Å². The molecule has 1 heterocycles. The normalized spacial score (nSPS) is 30.8. The molecule has 1 saturated heterocycles. The number of nitrogens with one attached hydrogen (secondary N) is 1. The van der Waals surface area contributed by atoms with Gasteiger partial charge in [0, 0.05) is 31.7 Å². The fourth-order valence-electron chi connectivity index (χ4n) is 2.10. The Morgan fingerprint density at radius 1 is 1.33 bits per heavy atom. The molecular formula is C13H28N2. The van der Waals surface area contributed by atoms with Crippen LogP contribution in [0.25, 0.3) is 0 Å². The molecule has 0 aliphatic carbocycles. The fourth-order valence-corrected chi connectivity index (χ4v) is 2.10. The maximum atomic E-state index is 3.61. The summed E-state index contributed by atoms with van der Waals surface area (Å²) >= 11 is 0. The summed E-state index contributed by atoms with van der Waals surface area (Å²) in [6, 6.07) is 1.41. The van der Waals surface area contributed by atoms with Crippen molar-refractivity contribution in [1.82, 2.24) is 10.2 Å². The van der Waals surface area contributed by atoms with Crippen LogP contribution in [-0.2, 0) is 0 Å². The molecule has 90 valence electrons. The lowest BCUT2D eigenvalue weighted by molar-refractivity contribution is 0.111. The Morgan fingerprint density at radius 3 is 2.53 bits per heavy atom. The molecular weight excluding hydrogens is 184 g/mol. The summed E-state index contributed by atoms with van der Waals surface area (Å²) in [6.07, 6.45) is 1.25. The van der Waals surface area contributed by atoms with E-state index in [-0.39, 0.29) is 0 Å². The Kier molecular flexibility index (Phi) is 5.07. The summed E-state index contributed by atoms with van der Waals surface area (Å²) in [6.45, 7) is 15.3. The van der Waals surface area contributed by atoms with Crippen LogP contribution in [0.2, 0.25) is 0 Å². The Morgan fingerprint density at radius 2 is 2.00 bits per heavy atom. The molecule has 0 aromatic rings. The molecule has 3 atom stereocenters. The van der Waals surface area contributed by atoms with E-state index in [0.717, 1.165) is 18.4 Å². The van der Waals surface area contributed by atoms with Gasteiger partial charge in [-0.1, -0.05) is 27.7 Å². The van der Waals surface area contributed by atoms with Gasteiger partial charge in [-0.05, 0) is 25.2 Å². The summed E-state index contributed by atoms with van der Waals surface area (Å²) < 4.78 is 0. The maximum absolute atomic E-state index is 3.61. The lowest BCUT2D eigenvalue weighted by atomic mass is 9.96. The van der Waals surface area contributed by atoms with Crippen molar-refractivity contribution in [3.63, 3.8) is 0 Å². The quantitative estimate of drug-likeness (QED) is 0.769. The molecule has 1 rings (SSSR count). The van der Waals surface area contributed by atoms with Gasteiger partial charge >= 0.3 is 0 Å². The summed E-state index contributed by atoms with van der Waals surface area (Å²) in [5.41, 5.74) is 0. The van der Waals surface area contributed by atoms with Gasteiger partial charge < -0.3 is 5.32 Å². The first kappa shape index (κ1) is 13.0. The van der Waals surface area contributed by atoms with Gasteiger partial charge in [-0.25, -0.2) is 0 Å². The third-order valence-electron chi connectivity index (χ3n) is 3.93. The molecule has 0 spiro atoms. The third kappa shape index (κ3) is 3.76. The highest BCUT2D eigenvalue weighted by Crippen LogP contribution is 2.16. The van der Waals surface area contributed by atoms with Crippen molar-refractivity contribution in [2.45, 2.75) is 53.1 Å². The smallest absolute Gasteiger partial charge is 0.0193 e. The largest absolute Gasteiger partial charge is 0.311 e. The van der Waals surface area contributed by atoms with Crippen molar-refractivity contribution < 1.29 is 0 Å². The van der Waals surface area contributed by atoms with E-state index < -0.39 is 0 Å². The van der Waals surface area contributed by atoms with Crippen molar-refractivity contribution in [3.8, 4) is 0 Å². The molecule has 0 aromatic heterocycles. The predicted octanol–water partition coefficient (Wildman–Crippen LogP) is 2.35. The number of nitrogens with zero attached hydrogens (tertiary/aromatic N) is 1. The van der Waals surface area contributed by atoms with Crippen LogP contribution in [0.4, 0.5) is 0 Å². The Bertz CT molecular complexity index is 179. The third-order valence-corrected chi connectivity index (χ3v) is 3.93. The highest BCUT2D eigenvalue weighted by atomic mass is 15.2. The summed E-state index contributed by atoms with van der Waals surface area (Å²) in [4.78, 5) is 2.66. The number of rotatable bonds is 4. The van der Waals surface area contributed by atoms with Gasteiger partial charge in [0.05, 0.1) is 0 Å². The molecule has 2 heteroatoms. The first-order chi connectivity index (χ1) is 7.04. The molecule has 0 radical (unpaired) electrons. The average molecular weight is 212 g/mol. The van der Waals surface area contributed by atoms with E-state index in [2.05, 4.69) is 44.8 Å². The standard InChI is InChI=1S/C13H28N2/c1-6-13-9-15(12(5)7-14-13)8-11(4)10(2)3/h10-14H,6-9H2,1-5H3. The molecule has 2 nitrogen and oxygen atoms in total. The highest BCUT2D eigenvalue weighted by Gasteiger charge is 2.25. The van der Waals surface area contributed by atoms with Gasteiger partial charge in [-0.3, -0.25) is 4.90 Å². The van der Waals surface area contributed by atoms with Gasteiger partial charge in [-0.15, -0.1) is 0 Å². The van der Waals surface area contributed by atoms with E-state index in [1.165, 1.54) is 19.5 Å². The minimum atomic E-state index is 0.703. The highest BCUT2D eigenvalue weighted by molar-refractivity contribution is 4.84. The Balaban J connectivity index is 2.44. The summed E-state index contributed by atoms with van der Waals surface area (Å²) in [5.74, 6) is 1.61. The van der Waals surface area contributed by atoms with Gasteiger partial charge in [0.2, 0.25) is 0 Å². The van der Waals surface area contributed by atoms with E-state index in [9.17, 15) is 0 Å². The molecule has 1 aliphatic rings. The van der Waals surface area contributed by atoms with E-state index in [1.807, 2.05) is 0 Å². The van der Waals surface area contributed by atoms with Crippen LogP contribution in [0.15, 0.2) is 0 Å². The number of hydrogen-bond acceptors (Lipinski definition) is 2. The first-order valence-electron chi connectivity index (χ1n) is 6.52. The maximum Gasteiger partial charge on any atom is 0.0193 e. The zero-order valence-corrected chi connectivity index (χ0v) is 11.1. The molecule has 0 saturated carbocycles. The Hall–Kier alpha value is -0.0800. The minimum Gasteiger partial charge on any atom is -0.311 e. The van der Waals surface area contributed by atoms with Crippen molar-refractivity contribution >= 4 is 0 Å². The summed E-state index contributed by atoms with van der Waals surface area (Å²) in [7, 11) is 0. The second kappa shape index (κ2) is 5.86. The minimum absolute atomic E-state index is 0.703. The lowest BCUT2D eigenvalue weighted by Gasteiger charge is -2.40. The SMILES string of the molecule is CCC1CN(CC(C)C(C)C)C(C)CN1. The second-order valence-corrected chi connectivity index (χ2v) is 5.54. The molecule has 15 heavy (non-hydrogen) atoms. The topological polar surface area (TPSA) is 15.3 Å². The second-order valence-electron chi connectivity index (χ2n) is 5.54. The van der Waals surface area contributed by atoms with Crippen LogP contribution >= 0.6 is 0 Å². The predicted molar refractivity (Wildman–Crippen MR) is 67.1 cm³/mol. The fraction of sp³-hybridized carbons (Fsp3) is 1.00. The number of hydrogen-bond donors (Lipinski definition) is 1. The molecule has 1 fully saturated rings. The average Bonchev–Trinajstić information content (AvgIpc) is 2.21. The Labute approximate surface area is 95.4 Å². The molecule has 1 aliphatic heterocycles. The molecule has 0 aromatic carbocycles. The molecule has 0 amide bonds. The van der Waals surface area contributed by atoms with Crippen LogP contribution in [0.3, 0.4) is 0 Å². The zero-order chi connectivity index (χ0) is 11.4. The monoisotopic (exact) mass is 212 g/mol. The van der Waals surface area contributed by atoms with E-state index in [1.54, 1.807) is 0 Å². The zero-order valence-electron chi connectivity index (χ0n) is 11.1.